The molecule has 320 valence electrons. The molecule has 57 heavy (non-hydrogen) atoms. The van der Waals surface area contributed by atoms with Crippen molar-refractivity contribution in [3.05, 3.63) is 29.8 Å². The number of hydrogen-bond acceptors (Lipinski definition) is 11. The van der Waals surface area contributed by atoms with Gasteiger partial charge in [-0.25, -0.2) is 19.9 Å². The fourth-order valence-corrected chi connectivity index (χ4v) is 7.14. The molecule has 1 aromatic rings. The van der Waals surface area contributed by atoms with Crippen LogP contribution in [-0.2, 0) is 33.4 Å². The number of hydrogen-bond donors (Lipinski definition) is 5. The van der Waals surface area contributed by atoms with Gasteiger partial charge in [-0.3, -0.25) is 29.6 Å². The number of nitrogens with zero attached hydrogens (tertiary/aromatic N) is 3. The lowest BCUT2D eigenvalue weighted by Gasteiger charge is -2.28. The van der Waals surface area contributed by atoms with Gasteiger partial charge in [0.25, 0.3) is 5.91 Å². The summed E-state index contributed by atoms with van der Waals surface area (Å²) in [6.45, 7) is 3.97. The van der Waals surface area contributed by atoms with Crippen LogP contribution >= 0.6 is 0 Å². The van der Waals surface area contributed by atoms with E-state index in [9.17, 15) is 39.5 Å². The van der Waals surface area contributed by atoms with Gasteiger partial charge in [-0.05, 0) is 63.5 Å². The van der Waals surface area contributed by atoms with Gasteiger partial charge in [-0.2, -0.15) is 0 Å². The average molecular weight is 802 g/mol. The van der Waals surface area contributed by atoms with Crippen molar-refractivity contribution in [3.63, 3.8) is 0 Å². The molecule has 15 nitrogen and oxygen atoms in total. The van der Waals surface area contributed by atoms with Crippen LogP contribution in [0.5, 0.6) is 5.75 Å². The lowest BCUT2D eigenvalue weighted by Crippen LogP contribution is -2.51. The Bertz CT molecular complexity index is 1430. The second-order valence-corrected chi connectivity index (χ2v) is 15.4. The summed E-state index contributed by atoms with van der Waals surface area (Å²) in [7, 11) is 0. The molecular weight excluding hydrogens is 734 g/mol. The zero-order chi connectivity index (χ0) is 41.4. The number of rotatable bonds is 28. The van der Waals surface area contributed by atoms with E-state index >= 15 is 0 Å². The smallest absolute Gasteiger partial charge is 0.328 e. The van der Waals surface area contributed by atoms with E-state index in [-0.39, 0.29) is 44.2 Å². The molecule has 5 N–H and O–H groups in total. The maximum absolute atomic E-state index is 13.9. The number of aromatic hydroxyl groups is 1. The molecule has 0 unspecified atom stereocenters. The van der Waals surface area contributed by atoms with Crippen molar-refractivity contribution >= 4 is 36.0 Å². The molecule has 3 rings (SSSR count). The largest absolute Gasteiger partial charge is 0.507 e. The summed E-state index contributed by atoms with van der Waals surface area (Å²) in [5, 5.41) is 36.5. The molecule has 2 aliphatic heterocycles. The van der Waals surface area contributed by atoms with Crippen LogP contribution in [-0.4, -0.2) is 106 Å². The van der Waals surface area contributed by atoms with Crippen molar-refractivity contribution < 1.29 is 49.0 Å². The second kappa shape index (κ2) is 26.6. The Morgan fingerprint density at radius 3 is 2.25 bits per heavy atom. The number of hydroxylamine groups is 4. The Hall–Kier alpha value is -4.24. The van der Waals surface area contributed by atoms with E-state index in [0.29, 0.717) is 60.6 Å². The molecule has 0 aliphatic carbocycles. The fraction of sp³-hybridized carbons (Fsp3) is 0.714. The summed E-state index contributed by atoms with van der Waals surface area (Å²) in [4.78, 5) is 68.9. The molecule has 0 aromatic heterocycles. The van der Waals surface area contributed by atoms with E-state index < -0.39 is 53.8 Å². The summed E-state index contributed by atoms with van der Waals surface area (Å²) in [5.41, 5.74) is 0.327. The first-order valence-electron chi connectivity index (χ1n) is 21.3. The van der Waals surface area contributed by atoms with Gasteiger partial charge in [0.2, 0.25) is 24.1 Å². The summed E-state index contributed by atoms with van der Waals surface area (Å²) in [6, 6.07) is 3.37. The van der Waals surface area contributed by atoms with E-state index in [4.69, 9.17) is 9.47 Å². The maximum atomic E-state index is 13.9. The number of ether oxygens (including phenoxy) is 2. The maximum Gasteiger partial charge on any atom is 0.328 e. The lowest BCUT2D eigenvalue weighted by molar-refractivity contribution is -0.167. The van der Waals surface area contributed by atoms with Gasteiger partial charge < -0.3 is 25.2 Å². The van der Waals surface area contributed by atoms with Crippen molar-refractivity contribution in [1.82, 2.24) is 20.8 Å². The fourth-order valence-electron chi connectivity index (χ4n) is 7.14. The van der Waals surface area contributed by atoms with Gasteiger partial charge in [0.15, 0.2) is 6.04 Å². The summed E-state index contributed by atoms with van der Waals surface area (Å²) < 4.78 is 11.7. The summed E-state index contributed by atoms with van der Waals surface area (Å²) in [5.74, 6) is -3.23. The van der Waals surface area contributed by atoms with E-state index in [2.05, 4.69) is 22.5 Å². The van der Waals surface area contributed by atoms with Gasteiger partial charge in [-0.1, -0.05) is 103 Å². The van der Waals surface area contributed by atoms with E-state index in [1.165, 1.54) is 57.4 Å². The number of para-hydroxylation sites is 1. The van der Waals surface area contributed by atoms with E-state index in [0.717, 1.165) is 25.7 Å². The lowest BCUT2D eigenvalue weighted by atomic mass is 9.96. The highest BCUT2D eigenvalue weighted by atomic mass is 16.5. The second-order valence-electron chi connectivity index (χ2n) is 15.4. The number of phenolic OH excluding ortho intramolecular Hbond substituents is 1. The highest BCUT2D eigenvalue weighted by Gasteiger charge is 2.36. The van der Waals surface area contributed by atoms with Gasteiger partial charge in [-0.15, -0.1) is 0 Å². The first kappa shape index (κ1) is 47.1. The zero-order valence-electron chi connectivity index (χ0n) is 34.1. The molecule has 15 heteroatoms. The third kappa shape index (κ3) is 17.0. The van der Waals surface area contributed by atoms with Crippen molar-refractivity contribution in [2.75, 3.05) is 19.7 Å². The molecular formula is C42H67N5O10. The zero-order valence-corrected chi connectivity index (χ0v) is 34.1. The van der Waals surface area contributed by atoms with Gasteiger partial charge in [0.05, 0.1) is 11.5 Å². The quantitative estimate of drug-likeness (QED) is 0.0221. The number of amides is 4. The van der Waals surface area contributed by atoms with Crippen LogP contribution < -0.4 is 10.6 Å². The number of esters is 1. The minimum absolute atomic E-state index is 0.0218. The van der Waals surface area contributed by atoms with Gasteiger partial charge in [0, 0.05) is 13.1 Å². The van der Waals surface area contributed by atoms with E-state index in [1.807, 2.05) is 0 Å². The molecule has 0 bridgehead atoms. The Morgan fingerprint density at radius 2 is 1.60 bits per heavy atom. The Balaban J connectivity index is 1.66. The molecule has 4 amide bonds. The number of carbonyl (C=O) groups is 5. The first-order chi connectivity index (χ1) is 27.5. The average Bonchev–Trinajstić information content (AvgIpc) is 3.65. The predicted octanol–water partition coefficient (Wildman–Crippen LogP) is 5.96. The monoisotopic (exact) mass is 801 g/mol. The van der Waals surface area contributed by atoms with Crippen LogP contribution in [0.3, 0.4) is 0 Å². The number of aliphatic imine (C=N–C) groups is 1. The van der Waals surface area contributed by atoms with Crippen LogP contribution in [0.15, 0.2) is 29.3 Å². The molecule has 0 radical (unpaired) electrons. The van der Waals surface area contributed by atoms with Gasteiger partial charge >= 0.3 is 5.97 Å². The molecule has 0 saturated carbocycles. The van der Waals surface area contributed by atoms with Crippen LogP contribution in [0.25, 0.3) is 0 Å². The number of phenols is 1. The highest BCUT2D eigenvalue weighted by molar-refractivity contribution is 6.00. The molecule has 5 atom stereocenters. The Labute approximate surface area is 337 Å². The van der Waals surface area contributed by atoms with E-state index in [1.54, 1.807) is 25.1 Å². The molecule has 0 spiro atoms. The van der Waals surface area contributed by atoms with Crippen molar-refractivity contribution in [3.8, 4) is 5.75 Å². The van der Waals surface area contributed by atoms with Crippen LogP contribution in [0.2, 0.25) is 0 Å². The van der Waals surface area contributed by atoms with Crippen LogP contribution in [0, 0.1) is 5.92 Å². The molecule has 1 aromatic carbocycles. The van der Waals surface area contributed by atoms with Crippen molar-refractivity contribution in [2.45, 2.75) is 166 Å². The molecule has 1 saturated heterocycles. The minimum atomic E-state index is -1.15. The summed E-state index contributed by atoms with van der Waals surface area (Å²) >= 11 is 0. The number of carbonyl (C=O) groups excluding carboxylic acids is 5. The standard InChI is InChI=1S/C42H67N5O10/c1-3-4-5-6-7-8-9-10-11-12-13-14-15-26-37(31(2)38(50)43-33-23-19-21-28-47(55)41(33)52)57-42(53)34(24-18-20-27-46(54)30-48)44-39(51)35-29-56-40(45-35)32-22-16-17-25-36(32)49/h16-17,22,25,30-31,33-35,37,49,54-55H,3-15,18-21,23-24,26-29H2,1-2H3,(H,43,50)(H,44,51)/t31-,33+,34+,35+,37-/m0/s1. The third-order valence-corrected chi connectivity index (χ3v) is 10.8. The van der Waals surface area contributed by atoms with Crippen molar-refractivity contribution in [1.29, 1.82) is 0 Å². The van der Waals surface area contributed by atoms with Crippen LogP contribution in [0.1, 0.15) is 148 Å². The number of benzene rings is 1. The highest BCUT2D eigenvalue weighted by Crippen LogP contribution is 2.23. The molecule has 2 aliphatic rings. The SMILES string of the molecule is CCCCCCCCCCCCCCC[C@H](OC(=O)[C@@H](CCCCN(O)C=O)NC(=O)[C@H]1COC(c2ccccc2O)=N1)[C@H](C)C(=O)N[C@@H]1CCCCN(O)C1=O. The molecule has 1 fully saturated rings. The van der Waals surface area contributed by atoms with Gasteiger partial charge in [0.1, 0.15) is 30.5 Å². The summed E-state index contributed by atoms with van der Waals surface area (Å²) in [6.07, 6.45) is 17.3. The topological polar surface area (TPSA) is 207 Å². The number of nitrogens with one attached hydrogen (secondary N) is 2. The predicted molar refractivity (Wildman–Crippen MR) is 213 cm³/mol. The Morgan fingerprint density at radius 1 is 0.965 bits per heavy atom. The normalized spacial score (nSPS) is 18.4. The molecule has 2 heterocycles. The minimum Gasteiger partial charge on any atom is -0.507 e. The van der Waals surface area contributed by atoms with Crippen LogP contribution in [0.4, 0.5) is 0 Å². The Kier molecular flexibility index (Phi) is 22.0. The number of unbranched alkanes of at least 4 members (excludes halogenated alkanes) is 13. The van der Waals surface area contributed by atoms with Crippen molar-refractivity contribution in [2.24, 2.45) is 10.9 Å². The first-order valence-corrected chi connectivity index (χ1v) is 21.3. The third-order valence-electron chi connectivity index (χ3n) is 10.8.